The molecule has 0 atom stereocenters. The molecule has 1 aromatic carbocycles. The second-order valence-electron chi connectivity index (χ2n) is 9.19. The minimum Gasteiger partial charge on any atom is -0.438 e. The zero-order chi connectivity index (χ0) is 20.1. The Bertz CT molecular complexity index is 1170. The second-order valence-corrected chi connectivity index (χ2v) is 14.2. The van der Waals surface area contributed by atoms with Crippen molar-refractivity contribution in [2.45, 2.75) is 46.8 Å². The summed E-state index contributed by atoms with van der Waals surface area (Å²) in [6.07, 6.45) is 3.22. The molecule has 0 radical (unpaired) electrons. The number of aromatic nitrogens is 2. The Morgan fingerprint density at radius 3 is 2.50 bits per heavy atom. The van der Waals surface area contributed by atoms with E-state index in [0.29, 0.717) is 11.6 Å². The van der Waals surface area contributed by atoms with E-state index in [2.05, 4.69) is 68.9 Å². The van der Waals surface area contributed by atoms with Crippen molar-refractivity contribution in [1.82, 2.24) is 9.97 Å². The van der Waals surface area contributed by atoms with Gasteiger partial charge in [0.25, 0.3) is 0 Å². The minimum absolute atomic E-state index is 0.625. The first-order chi connectivity index (χ1) is 13.2. The highest BCUT2D eigenvalue weighted by atomic mass is 28.3. The molecule has 3 nitrogen and oxygen atoms in total. The summed E-state index contributed by atoms with van der Waals surface area (Å²) < 4.78 is 5.94. The second kappa shape index (κ2) is 6.85. The lowest BCUT2D eigenvalue weighted by Crippen LogP contribution is -2.40. The normalized spacial score (nSPS) is 12.4. The summed E-state index contributed by atoms with van der Waals surface area (Å²) in [5.74, 6) is 0.625. The molecule has 0 aliphatic rings. The zero-order valence-corrected chi connectivity index (χ0v) is 18.6. The van der Waals surface area contributed by atoms with E-state index in [-0.39, 0.29) is 0 Å². The number of hydrogen-bond acceptors (Lipinski definition) is 3. The van der Waals surface area contributed by atoms with Crippen molar-refractivity contribution in [3.63, 3.8) is 0 Å². The van der Waals surface area contributed by atoms with Gasteiger partial charge in [0.2, 0.25) is 5.71 Å². The van der Waals surface area contributed by atoms with Crippen LogP contribution in [0.2, 0.25) is 19.6 Å². The van der Waals surface area contributed by atoms with Crippen LogP contribution in [0.4, 0.5) is 0 Å². The van der Waals surface area contributed by atoms with Gasteiger partial charge in [-0.05, 0) is 66.4 Å². The van der Waals surface area contributed by atoms with Crippen LogP contribution >= 0.6 is 0 Å². The maximum Gasteiger partial charge on any atom is 0.227 e. The predicted octanol–water partition coefficient (Wildman–Crippen LogP) is 6.10. The van der Waals surface area contributed by atoms with Gasteiger partial charge in [0, 0.05) is 28.2 Å². The smallest absolute Gasteiger partial charge is 0.227 e. The van der Waals surface area contributed by atoms with Gasteiger partial charge in [0.05, 0.1) is 13.8 Å². The lowest BCUT2D eigenvalue weighted by atomic mass is 10.0. The molecule has 0 saturated heterocycles. The molecule has 28 heavy (non-hydrogen) atoms. The van der Waals surface area contributed by atoms with Crippen LogP contribution in [0, 0.1) is 12.8 Å². The number of pyridine rings is 2. The molecule has 0 N–H and O–H groups in total. The third kappa shape index (κ3) is 3.49. The highest BCUT2D eigenvalue weighted by molar-refractivity contribution is 6.89. The molecule has 0 spiro atoms. The first kappa shape index (κ1) is 18.9. The topological polar surface area (TPSA) is 38.9 Å². The monoisotopic (exact) mass is 388 g/mol. The van der Waals surface area contributed by atoms with Gasteiger partial charge in [0.15, 0.2) is 0 Å². The van der Waals surface area contributed by atoms with Gasteiger partial charge in [-0.25, -0.2) is 4.98 Å². The molecule has 4 rings (SSSR count). The summed E-state index contributed by atoms with van der Waals surface area (Å²) in [7, 11) is -1.43. The SMILES string of the molecule is Cc1ccc2c(n1)oc1ccc(-c3cc(CC(C)C)c([Si](C)(C)C)cn3)cc12. The molecule has 0 fully saturated rings. The van der Waals surface area contributed by atoms with Crippen LogP contribution in [-0.4, -0.2) is 18.0 Å². The molecular formula is C24H28N2OSi. The van der Waals surface area contributed by atoms with Crippen LogP contribution in [-0.2, 0) is 6.42 Å². The summed E-state index contributed by atoms with van der Waals surface area (Å²) in [6, 6.07) is 12.8. The van der Waals surface area contributed by atoms with E-state index in [4.69, 9.17) is 9.40 Å². The van der Waals surface area contributed by atoms with Crippen LogP contribution in [0.15, 0.2) is 47.0 Å². The number of benzene rings is 1. The molecule has 4 aromatic rings. The maximum absolute atomic E-state index is 5.94. The van der Waals surface area contributed by atoms with Crippen LogP contribution in [0.5, 0.6) is 0 Å². The van der Waals surface area contributed by atoms with Gasteiger partial charge in [-0.1, -0.05) is 33.5 Å². The average Bonchev–Trinajstić information content (AvgIpc) is 2.96. The first-order valence-corrected chi connectivity index (χ1v) is 13.5. The molecule has 3 aromatic heterocycles. The Kier molecular flexibility index (Phi) is 4.62. The summed E-state index contributed by atoms with van der Waals surface area (Å²) in [5, 5.41) is 3.63. The van der Waals surface area contributed by atoms with Crippen LogP contribution in [0.25, 0.3) is 33.3 Å². The Morgan fingerprint density at radius 1 is 1.00 bits per heavy atom. The highest BCUT2D eigenvalue weighted by Gasteiger charge is 2.22. The molecule has 144 valence electrons. The van der Waals surface area contributed by atoms with Crippen LogP contribution < -0.4 is 5.19 Å². The highest BCUT2D eigenvalue weighted by Crippen LogP contribution is 2.31. The van der Waals surface area contributed by atoms with Crippen LogP contribution in [0.3, 0.4) is 0 Å². The molecule has 3 heterocycles. The van der Waals surface area contributed by atoms with Gasteiger partial charge in [-0.2, -0.15) is 0 Å². The molecule has 0 amide bonds. The molecule has 0 aliphatic heterocycles. The fraction of sp³-hybridized carbons (Fsp3) is 0.333. The largest absolute Gasteiger partial charge is 0.438 e. The summed E-state index contributed by atoms with van der Waals surface area (Å²) in [5.41, 5.74) is 6.16. The lowest BCUT2D eigenvalue weighted by Gasteiger charge is -2.22. The van der Waals surface area contributed by atoms with E-state index in [0.717, 1.165) is 39.7 Å². The Balaban J connectivity index is 1.86. The van der Waals surface area contributed by atoms with Crippen molar-refractivity contribution in [3.8, 4) is 11.3 Å². The standard InChI is InChI=1S/C24H28N2OSi/c1-15(2)11-18-13-21(25-14-23(18)28(4,5)6)17-8-10-22-20(12-17)19-9-7-16(3)26-24(19)27-22/h7-10,12-15H,11H2,1-6H3. The minimum atomic E-state index is -1.43. The Morgan fingerprint density at radius 2 is 1.79 bits per heavy atom. The number of aryl methyl sites for hydroxylation is 1. The fourth-order valence-electron chi connectivity index (χ4n) is 3.85. The van der Waals surface area contributed by atoms with Crippen molar-refractivity contribution in [1.29, 1.82) is 0 Å². The van der Waals surface area contributed by atoms with Gasteiger partial charge in [-0.15, -0.1) is 0 Å². The van der Waals surface area contributed by atoms with E-state index < -0.39 is 8.07 Å². The molecule has 0 aliphatic carbocycles. The molecule has 4 heteroatoms. The van der Waals surface area contributed by atoms with Gasteiger partial charge < -0.3 is 4.42 Å². The molecule has 0 bridgehead atoms. The van der Waals surface area contributed by atoms with Crippen molar-refractivity contribution in [2.24, 2.45) is 5.92 Å². The summed E-state index contributed by atoms with van der Waals surface area (Å²) in [4.78, 5) is 9.38. The van der Waals surface area contributed by atoms with E-state index in [9.17, 15) is 0 Å². The van der Waals surface area contributed by atoms with Crippen molar-refractivity contribution in [2.75, 3.05) is 0 Å². The van der Waals surface area contributed by atoms with Crippen molar-refractivity contribution in [3.05, 3.63) is 53.9 Å². The number of furan rings is 1. The van der Waals surface area contributed by atoms with Crippen LogP contribution in [0.1, 0.15) is 25.1 Å². The predicted molar refractivity (Wildman–Crippen MR) is 121 cm³/mol. The average molecular weight is 389 g/mol. The number of nitrogens with zero attached hydrogens (tertiary/aromatic N) is 2. The maximum atomic E-state index is 5.94. The number of rotatable bonds is 4. The Labute approximate surface area is 167 Å². The first-order valence-electron chi connectivity index (χ1n) is 10.0. The van der Waals surface area contributed by atoms with Crippen molar-refractivity contribution < 1.29 is 4.42 Å². The van der Waals surface area contributed by atoms with Gasteiger partial charge in [0.1, 0.15) is 5.58 Å². The number of fused-ring (bicyclic) bond motifs is 3. The van der Waals surface area contributed by atoms with Crippen molar-refractivity contribution >= 4 is 35.3 Å². The van der Waals surface area contributed by atoms with E-state index in [1.807, 2.05) is 19.1 Å². The van der Waals surface area contributed by atoms with Gasteiger partial charge >= 0.3 is 0 Å². The quantitative estimate of drug-likeness (QED) is 0.397. The number of hydrogen-bond donors (Lipinski definition) is 0. The third-order valence-corrected chi connectivity index (χ3v) is 7.26. The molecular weight excluding hydrogens is 360 g/mol. The Hall–Kier alpha value is -2.46. The summed E-state index contributed by atoms with van der Waals surface area (Å²) in [6.45, 7) is 13.7. The zero-order valence-electron chi connectivity index (χ0n) is 17.6. The van der Waals surface area contributed by atoms with E-state index in [1.54, 1.807) is 0 Å². The molecule has 0 unspecified atom stereocenters. The summed E-state index contributed by atoms with van der Waals surface area (Å²) >= 11 is 0. The molecule has 0 saturated carbocycles. The fourth-order valence-corrected chi connectivity index (χ4v) is 5.44. The lowest BCUT2D eigenvalue weighted by molar-refractivity contribution is 0.649. The third-order valence-electron chi connectivity index (χ3n) is 5.20. The van der Waals surface area contributed by atoms with Gasteiger partial charge in [-0.3, -0.25) is 4.98 Å². The van der Waals surface area contributed by atoms with E-state index >= 15 is 0 Å². The van der Waals surface area contributed by atoms with E-state index in [1.165, 1.54) is 10.8 Å².